The SMILES string of the molecule is OC[C@@]1(O)CNC[C@@H](O)[C@H]1O. The number of hydrogen-bond acceptors (Lipinski definition) is 5. The predicted molar refractivity (Wildman–Crippen MR) is 36.9 cm³/mol. The first kappa shape index (κ1) is 8.89. The molecule has 0 spiro atoms. The van der Waals surface area contributed by atoms with Crippen LogP contribution in [0.25, 0.3) is 0 Å². The van der Waals surface area contributed by atoms with Gasteiger partial charge in [-0.15, -0.1) is 0 Å². The van der Waals surface area contributed by atoms with Gasteiger partial charge in [0, 0.05) is 13.1 Å². The van der Waals surface area contributed by atoms with E-state index in [2.05, 4.69) is 5.32 Å². The zero-order valence-corrected chi connectivity index (χ0v) is 6.06. The third-order valence-electron chi connectivity index (χ3n) is 1.97. The van der Waals surface area contributed by atoms with Crippen molar-refractivity contribution in [3.8, 4) is 0 Å². The number of aliphatic hydroxyl groups is 4. The number of aliphatic hydroxyl groups excluding tert-OH is 3. The molecule has 3 atom stereocenters. The maximum atomic E-state index is 9.40. The fraction of sp³-hybridized carbons (Fsp3) is 1.00. The Morgan fingerprint density at radius 1 is 1.45 bits per heavy atom. The summed E-state index contributed by atoms with van der Waals surface area (Å²) in [5.41, 5.74) is -1.60. The van der Waals surface area contributed by atoms with Gasteiger partial charge in [-0.05, 0) is 0 Å². The van der Waals surface area contributed by atoms with Crippen LogP contribution in [-0.4, -0.2) is 57.9 Å². The van der Waals surface area contributed by atoms with Crippen molar-refractivity contribution < 1.29 is 20.4 Å². The summed E-state index contributed by atoms with van der Waals surface area (Å²) < 4.78 is 0. The number of hydrogen-bond donors (Lipinski definition) is 5. The molecule has 0 aromatic heterocycles. The first-order valence-electron chi connectivity index (χ1n) is 3.50. The minimum Gasteiger partial charge on any atom is -0.393 e. The van der Waals surface area contributed by atoms with Crippen LogP contribution in [-0.2, 0) is 0 Å². The molecule has 1 aliphatic heterocycles. The number of β-amino-alcohol motifs (C(OH)–C–C–N with tert-alkyl or cyclic N) is 2. The van der Waals surface area contributed by atoms with Crippen LogP contribution in [0.2, 0.25) is 0 Å². The van der Waals surface area contributed by atoms with Crippen LogP contribution < -0.4 is 5.32 Å². The van der Waals surface area contributed by atoms with Crippen molar-refractivity contribution in [2.45, 2.75) is 17.8 Å². The monoisotopic (exact) mass is 163 g/mol. The molecule has 1 fully saturated rings. The van der Waals surface area contributed by atoms with Crippen LogP contribution in [0.3, 0.4) is 0 Å². The number of rotatable bonds is 1. The van der Waals surface area contributed by atoms with Crippen LogP contribution in [0.1, 0.15) is 0 Å². The molecule has 1 heterocycles. The second kappa shape index (κ2) is 3.04. The molecule has 1 saturated heterocycles. The molecule has 0 amide bonds. The van der Waals surface area contributed by atoms with Gasteiger partial charge in [0.1, 0.15) is 11.7 Å². The van der Waals surface area contributed by atoms with Crippen LogP contribution in [0, 0.1) is 0 Å². The Balaban J connectivity index is 2.64. The van der Waals surface area contributed by atoms with E-state index in [-0.39, 0.29) is 13.1 Å². The zero-order chi connectivity index (χ0) is 8.48. The lowest BCUT2D eigenvalue weighted by Gasteiger charge is -2.38. The molecule has 5 heteroatoms. The highest BCUT2D eigenvalue weighted by atomic mass is 16.4. The van der Waals surface area contributed by atoms with Crippen molar-refractivity contribution in [1.29, 1.82) is 0 Å². The summed E-state index contributed by atoms with van der Waals surface area (Å²) in [4.78, 5) is 0. The van der Waals surface area contributed by atoms with Crippen molar-refractivity contribution in [1.82, 2.24) is 5.32 Å². The van der Waals surface area contributed by atoms with Gasteiger partial charge in [-0.25, -0.2) is 0 Å². The highest BCUT2D eigenvalue weighted by molar-refractivity contribution is 4.96. The Morgan fingerprint density at radius 2 is 2.09 bits per heavy atom. The molecular weight excluding hydrogens is 150 g/mol. The molecule has 0 aliphatic carbocycles. The zero-order valence-electron chi connectivity index (χ0n) is 6.06. The summed E-state index contributed by atoms with van der Waals surface area (Å²) in [7, 11) is 0. The molecule has 1 aliphatic rings. The maximum Gasteiger partial charge on any atom is 0.128 e. The first-order valence-corrected chi connectivity index (χ1v) is 3.50. The minimum atomic E-state index is -1.60. The van der Waals surface area contributed by atoms with Gasteiger partial charge in [-0.1, -0.05) is 0 Å². The van der Waals surface area contributed by atoms with Gasteiger partial charge in [0.25, 0.3) is 0 Å². The highest BCUT2D eigenvalue weighted by Crippen LogP contribution is 2.15. The van der Waals surface area contributed by atoms with Gasteiger partial charge < -0.3 is 25.7 Å². The van der Waals surface area contributed by atoms with Crippen LogP contribution >= 0.6 is 0 Å². The van der Waals surface area contributed by atoms with Gasteiger partial charge >= 0.3 is 0 Å². The number of nitrogens with one attached hydrogen (secondary N) is 1. The Bertz CT molecular complexity index is 143. The van der Waals surface area contributed by atoms with Gasteiger partial charge in [-0.3, -0.25) is 0 Å². The summed E-state index contributed by atoms with van der Waals surface area (Å²) >= 11 is 0. The summed E-state index contributed by atoms with van der Waals surface area (Å²) in [5.74, 6) is 0. The highest BCUT2D eigenvalue weighted by Gasteiger charge is 2.42. The Hall–Kier alpha value is -0.200. The fourth-order valence-corrected chi connectivity index (χ4v) is 1.16. The van der Waals surface area contributed by atoms with E-state index in [1.54, 1.807) is 0 Å². The molecule has 0 bridgehead atoms. The van der Waals surface area contributed by atoms with Crippen LogP contribution in [0.4, 0.5) is 0 Å². The van der Waals surface area contributed by atoms with Crippen LogP contribution in [0.15, 0.2) is 0 Å². The largest absolute Gasteiger partial charge is 0.393 e. The molecule has 0 unspecified atom stereocenters. The second-order valence-electron chi connectivity index (χ2n) is 2.90. The summed E-state index contributed by atoms with van der Waals surface area (Å²) in [6.07, 6.45) is -2.28. The molecule has 1 rings (SSSR count). The summed E-state index contributed by atoms with van der Waals surface area (Å²) in [6, 6.07) is 0. The van der Waals surface area contributed by atoms with E-state index < -0.39 is 24.4 Å². The average Bonchev–Trinajstić information content (AvgIpc) is 2.00. The smallest absolute Gasteiger partial charge is 0.128 e. The molecular formula is C6H13NO4. The summed E-state index contributed by atoms with van der Waals surface area (Å²) in [6.45, 7) is -0.219. The fourth-order valence-electron chi connectivity index (χ4n) is 1.16. The third kappa shape index (κ3) is 1.52. The van der Waals surface area contributed by atoms with E-state index >= 15 is 0 Å². The van der Waals surface area contributed by atoms with Crippen molar-refractivity contribution in [2.24, 2.45) is 0 Å². The minimum absolute atomic E-state index is 0.0989. The van der Waals surface area contributed by atoms with E-state index in [0.29, 0.717) is 0 Å². The van der Waals surface area contributed by atoms with Gasteiger partial charge in [0.15, 0.2) is 0 Å². The number of piperidine rings is 1. The first-order chi connectivity index (χ1) is 5.10. The normalized spacial score (nSPS) is 45.8. The van der Waals surface area contributed by atoms with Gasteiger partial charge in [-0.2, -0.15) is 0 Å². The Morgan fingerprint density at radius 3 is 2.55 bits per heavy atom. The molecule has 11 heavy (non-hydrogen) atoms. The Kier molecular flexibility index (Phi) is 2.46. The molecule has 66 valence electrons. The predicted octanol–water partition coefficient (Wildman–Crippen LogP) is -2.97. The Labute approximate surface area is 64.3 Å². The quantitative estimate of drug-likeness (QED) is 0.285. The van der Waals surface area contributed by atoms with Crippen LogP contribution in [0.5, 0.6) is 0 Å². The lowest BCUT2D eigenvalue weighted by molar-refractivity contribution is -0.158. The van der Waals surface area contributed by atoms with E-state index in [1.165, 1.54) is 0 Å². The molecule has 0 saturated carbocycles. The van der Waals surface area contributed by atoms with E-state index in [1.807, 2.05) is 0 Å². The molecule has 5 nitrogen and oxygen atoms in total. The van der Waals surface area contributed by atoms with Crippen molar-refractivity contribution in [3.05, 3.63) is 0 Å². The van der Waals surface area contributed by atoms with Crippen molar-refractivity contribution in [3.63, 3.8) is 0 Å². The second-order valence-corrected chi connectivity index (χ2v) is 2.90. The lowest BCUT2D eigenvalue weighted by atomic mass is 9.90. The summed E-state index contributed by atoms with van der Waals surface area (Å²) in [5, 5.41) is 39.0. The van der Waals surface area contributed by atoms with E-state index in [4.69, 9.17) is 10.2 Å². The molecule has 0 aromatic carbocycles. The van der Waals surface area contributed by atoms with Gasteiger partial charge in [0.2, 0.25) is 0 Å². The van der Waals surface area contributed by atoms with E-state index in [9.17, 15) is 10.2 Å². The van der Waals surface area contributed by atoms with Crippen molar-refractivity contribution >= 4 is 0 Å². The molecule has 0 radical (unpaired) electrons. The maximum absolute atomic E-state index is 9.40. The van der Waals surface area contributed by atoms with Gasteiger partial charge in [0.05, 0.1) is 12.7 Å². The average molecular weight is 163 g/mol. The van der Waals surface area contributed by atoms with E-state index in [0.717, 1.165) is 0 Å². The molecule has 0 aromatic rings. The standard InChI is InChI=1S/C6H13NO4/c8-3-6(11)2-7-1-4(9)5(6)10/h4-5,7-11H,1-3H2/t4-,5-,6+/m1/s1. The van der Waals surface area contributed by atoms with Crippen molar-refractivity contribution in [2.75, 3.05) is 19.7 Å². The lowest BCUT2D eigenvalue weighted by Crippen LogP contribution is -2.64. The molecule has 5 N–H and O–H groups in total. The third-order valence-corrected chi connectivity index (χ3v) is 1.97. The topological polar surface area (TPSA) is 93.0 Å².